The van der Waals surface area contributed by atoms with Gasteiger partial charge < -0.3 is 5.32 Å². The highest BCUT2D eigenvalue weighted by molar-refractivity contribution is 5.31. The summed E-state index contributed by atoms with van der Waals surface area (Å²) in [6.45, 7) is 5.80. The van der Waals surface area contributed by atoms with Crippen LogP contribution in [0.5, 0.6) is 0 Å². The SMILES string of the molecule is CCCNCC1CCCN(C)C1c1cccc(C2CC2)c1. The Bertz CT molecular complexity index is 453. The molecule has 0 radical (unpaired) electrons. The third kappa shape index (κ3) is 3.67. The Kier molecular flexibility index (Phi) is 4.97. The first-order valence-corrected chi connectivity index (χ1v) is 8.80. The Morgan fingerprint density at radius 2 is 2.00 bits per heavy atom. The van der Waals surface area contributed by atoms with Gasteiger partial charge in [0.25, 0.3) is 0 Å². The average molecular weight is 286 g/mol. The fourth-order valence-corrected chi connectivity index (χ4v) is 3.88. The van der Waals surface area contributed by atoms with E-state index in [1.54, 1.807) is 11.1 Å². The minimum Gasteiger partial charge on any atom is -0.316 e. The minimum absolute atomic E-state index is 0.599. The molecular weight excluding hydrogens is 256 g/mol. The molecule has 2 nitrogen and oxygen atoms in total. The summed E-state index contributed by atoms with van der Waals surface area (Å²) in [4.78, 5) is 2.58. The summed E-state index contributed by atoms with van der Waals surface area (Å²) in [6.07, 6.45) is 6.72. The van der Waals surface area contributed by atoms with Crippen molar-refractivity contribution >= 4 is 0 Å². The van der Waals surface area contributed by atoms with Crippen molar-refractivity contribution < 1.29 is 0 Å². The Morgan fingerprint density at radius 3 is 2.76 bits per heavy atom. The van der Waals surface area contributed by atoms with Crippen LogP contribution in [-0.2, 0) is 0 Å². The number of likely N-dealkylation sites (tertiary alicyclic amines) is 1. The number of nitrogens with zero attached hydrogens (tertiary/aromatic N) is 1. The highest BCUT2D eigenvalue weighted by Gasteiger charge is 2.31. The highest BCUT2D eigenvalue weighted by Crippen LogP contribution is 2.42. The minimum atomic E-state index is 0.599. The van der Waals surface area contributed by atoms with Gasteiger partial charge in [-0.3, -0.25) is 4.90 Å². The average Bonchev–Trinajstić information content (AvgIpc) is 3.32. The van der Waals surface area contributed by atoms with E-state index in [0.717, 1.165) is 24.9 Å². The van der Waals surface area contributed by atoms with Gasteiger partial charge in [0.05, 0.1) is 0 Å². The molecule has 1 N–H and O–H groups in total. The quantitative estimate of drug-likeness (QED) is 0.797. The molecule has 2 unspecified atom stereocenters. The zero-order valence-corrected chi connectivity index (χ0v) is 13.6. The molecule has 1 heterocycles. The molecule has 2 fully saturated rings. The van der Waals surface area contributed by atoms with Gasteiger partial charge in [-0.25, -0.2) is 0 Å². The highest BCUT2D eigenvalue weighted by atomic mass is 15.1. The van der Waals surface area contributed by atoms with E-state index in [9.17, 15) is 0 Å². The third-order valence-corrected chi connectivity index (χ3v) is 5.14. The maximum absolute atomic E-state index is 3.65. The van der Waals surface area contributed by atoms with E-state index in [4.69, 9.17) is 0 Å². The van der Waals surface area contributed by atoms with Crippen LogP contribution >= 0.6 is 0 Å². The molecule has 2 heteroatoms. The Hall–Kier alpha value is -0.860. The van der Waals surface area contributed by atoms with E-state index >= 15 is 0 Å². The van der Waals surface area contributed by atoms with Crippen LogP contribution in [-0.4, -0.2) is 31.6 Å². The van der Waals surface area contributed by atoms with Gasteiger partial charge in [-0.2, -0.15) is 0 Å². The van der Waals surface area contributed by atoms with Gasteiger partial charge in [0.1, 0.15) is 0 Å². The number of rotatable bonds is 6. The fourth-order valence-electron chi connectivity index (χ4n) is 3.88. The van der Waals surface area contributed by atoms with Gasteiger partial charge in [-0.05, 0) is 81.7 Å². The predicted octanol–water partition coefficient (Wildman–Crippen LogP) is 3.95. The van der Waals surface area contributed by atoms with E-state index in [-0.39, 0.29) is 0 Å². The summed E-state index contributed by atoms with van der Waals surface area (Å²) in [5.74, 6) is 1.61. The predicted molar refractivity (Wildman–Crippen MR) is 89.7 cm³/mol. The molecule has 116 valence electrons. The van der Waals surface area contributed by atoms with Crippen LogP contribution in [0.2, 0.25) is 0 Å². The first kappa shape index (κ1) is 15.1. The van der Waals surface area contributed by atoms with Gasteiger partial charge in [0, 0.05) is 6.04 Å². The molecule has 2 atom stereocenters. The van der Waals surface area contributed by atoms with Gasteiger partial charge in [-0.1, -0.05) is 31.2 Å². The van der Waals surface area contributed by atoms with E-state index in [2.05, 4.69) is 48.5 Å². The first-order chi connectivity index (χ1) is 10.3. The lowest BCUT2D eigenvalue weighted by molar-refractivity contribution is 0.119. The number of hydrogen-bond acceptors (Lipinski definition) is 2. The van der Waals surface area contributed by atoms with E-state index in [1.165, 1.54) is 38.6 Å². The van der Waals surface area contributed by atoms with Crippen LogP contribution in [0.1, 0.15) is 62.1 Å². The van der Waals surface area contributed by atoms with Crippen molar-refractivity contribution in [1.29, 1.82) is 0 Å². The summed E-state index contributed by atoms with van der Waals surface area (Å²) < 4.78 is 0. The molecule has 1 aliphatic carbocycles. The summed E-state index contributed by atoms with van der Waals surface area (Å²) in [7, 11) is 2.31. The first-order valence-electron chi connectivity index (χ1n) is 8.80. The maximum atomic E-state index is 3.65. The Labute approximate surface area is 129 Å². The zero-order chi connectivity index (χ0) is 14.7. The molecule has 2 aliphatic rings. The van der Waals surface area contributed by atoms with Gasteiger partial charge in [0.2, 0.25) is 0 Å². The van der Waals surface area contributed by atoms with Crippen LogP contribution in [0.25, 0.3) is 0 Å². The summed E-state index contributed by atoms with van der Waals surface area (Å²) in [6, 6.07) is 10.1. The fraction of sp³-hybridized carbons (Fsp3) is 0.684. The number of piperidine rings is 1. The van der Waals surface area contributed by atoms with Crippen LogP contribution in [0.4, 0.5) is 0 Å². The second kappa shape index (κ2) is 6.93. The lowest BCUT2D eigenvalue weighted by Gasteiger charge is -2.40. The molecule has 1 saturated carbocycles. The van der Waals surface area contributed by atoms with Crippen LogP contribution in [0, 0.1) is 5.92 Å². The Morgan fingerprint density at radius 1 is 1.19 bits per heavy atom. The van der Waals surface area contributed by atoms with Gasteiger partial charge in [-0.15, -0.1) is 0 Å². The van der Waals surface area contributed by atoms with Gasteiger partial charge >= 0.3 is 0 Å². The summed E-state index contributed by atoms with van der Waals surface area (Å²) in [5.41, 5.74) is 3.12. The van der Waals surface area contributed by atoms with E-state index in [0.29, 0.717) is 6.04 Å². The van der Waals surface area contributed by atoms with Crippen LogP contribution in [0.3, 0.4) is 0 Å². The molecule has 0 bridgehead atoms. The summed E-state index contributed by atoms with van der Waals surface area (Å²) >= 11 is 0. The number of hydrogen-bond donors (Lipinski definition) is 1. The topological polar surface area (TPSA) is 15.3 Å². The number of benzene rings is 1. The maximum Gasteiger partial charge on any atom is 0.0385 e. The molecule has 0 aromatic heterocycles. The second-order valence-electron chi connectivity index (χ2n) is 6.98. The van der Waals surface area contributed by atoms with E-state index in [1.807, 2.05) is 0 Å². The third-order valence-electron chi connectivity index (χ3n) is 5.14. The van der Waals surface area contributed by atoms with Crippen molar-refractivity contribution in [3.05, 3.63) is 35.4 Å². The van der Waals surface area contributed by atoms with Crippen molar-refractivity contribution in [1.82, 2.24) is 10.2 Å². The van der Waals surface area contributed by atoms with Crippen LogP contribution < -0.4 is 5.32 Å². The zero-order valence-electron chi connectivity index (χ0n) is 13.6. The monoisotopic (exact) mass is 286 g/mol. The van der Waals surface area contributed by atoms with Crippen molar-refractivity contribution in [3.8, 4) is 0 Å². The standard InChI is InChI=1S/C19H30N2/c1-3-11-20-14-18-8-5-12-21(2)19(18)17-7-4-6-16(13-17)15-9-10-15/h4,6-7,13,15,18-20H,3,5,8-12,14H2,1-2H3. The van der Waals surface area contributed by atoms with Crippen molar-refractivity contribution in [2.75, 3.05) is 26.7 Å². The molecule has 0 amide bonds. The number of nitrogens with one attached hydrogen (secondary N) is 1. The summed E-state index contributed by atoms with van der Waals surface area (Å²) in [5, 5.41) is 3.65. The molecule has 3 rings (SSSR count). The molecule has 1 saturated heterocycles. The lowest BCUT2D eigenvalue weighted by Crippen LogP contribution is -2.40. The second-order valence-corrected chi connectivity index (χ2v) is 6.98. The lowest BCUT2D eigenvalue weighted by atomic mass is 9.84. The van der Waals surface area contributed by atoms with Crippen molar-refractivity contribution in [2.45, 2.75) is 51.0 Å². The van der Waals surface area contributed by atoms with Crippen molar-refractivity contribution in [2.24, 2.45) is 5.92 Å². The Balaban J connectivity index is 1.75. The normalized spacial score (nSPS) is 27.0. The molecular formula is C19H30N2. The van der Waals surface area contributed by atoms with Crippen LogP contribution in [0.15, 0.2) is 24.3 Å². The molecule has 1 aliphatic heterocycles. The molecule has 0 spiro atoms. The molecule has 1 aromatic carbocycles. The smallest absolute Gasteiger partial charge is 0.0385 e. The molecule has 1 aromatic rings. The van der Waals surface area contributed by atoms with E-state index < -0.39 is 0 Å². The largest absolute Gasteiger partial charge is 0.316 e. The van der Waals surface area contributed by atoms with Crippen molar-refractivity contribution in [3.63, 3.8) is 0 Å². The molecule has 21 heavy (non-hydrogen) atoms. The van der Waals surface area contributed by atoms with Gasteiger partial charge in [0.15, 0.2) is 0 Å².